The highest BCUT2D eigenvalue weighted by Crippen LogP contribution is 2.23. The van der Waals surface area contributed by atoms with Crippen LogP contribution in [0.15, 0.2) is 47.4 Å². The zero-order chi connectivity index (χ0) is 14.8. The molecule has 6 heteroatoms. The molecule has 1 aliphatic rings. The summed E-state index contributed by atoms with van der Waals surface area (Å²) in [6.45, 7) is 4.29. The summed E-state index contributed by atoms with van der Waals surface area (Å²) < 4.78 is 31.2. The van der Waals surface area contributed by atoms with Crippen molar-refractivity contribution in [1.82, 2.24) is 4.31 Å². The second kappa shape index (κ2) is 5.76. The molecular formula is C14H17NO4S. The summed E-state index contributed by atoms with van der Waals surface area (Å²) in [5.41, 5.74) is 0. The average molecular weight is 295 g/mol. The maximum atomic E-state index is 12.5. The Kier molecular flexibility index (Phi) is 4.25. The van der Waals surface area contributed by atoms with Crippen molar-refractivity contribution in [2.45, 2.75) is 25.0 Å². The lowest BCUT2D eigenvalue weighted by Gasteiger charge is -2.24. The number of sulfonamides is 1. The van der Waals surface area contributed by atoms with Crippen LogP contribution in [0.5, 0.6) is 0 Å². The molecule has 5 nitrogen and oxygen atoms in total. The number of hydrogen-bond acceptors (Lipinski definition) is 4. The molecule has 0 fully saturated rings. The second-order valence-corrected chi connectivity index (χ2v) is 6.74. The van der Waals surface area contributed by atoms with Crippen LogP contribution in [0.4, 0.5) is 0 Å². The van der Waals surface area contributed by atoms with Crippen molar-refractivity contribution in [2.75, 3.05) is 6.61 Å². The van der Waals surface area contributed by atoms with Gasteiger partial charge in [-0.3, -0.25) is 4.79 Å². The standard InChI is InChI=1S/C14H17NO4S/c1-11(2)10-19-14-9-8-13(16)15(14)20(17,18)12-6-4-3-5-7-12/h3-9,11,14H,10H2,1-2H3. The lowest BCUT2D eigenvalue weighted by Crippen LogP contribution is -2.41. The molecule has 1 unspecified atom stereocenters. The van der Waals surface area contributed by atoms with E-state index in [1.807, 2.05) is 13.8 Å². The summed E-state index contributed by atoms with van der Waals surface area (Å²) in [4.78, 5) is 11.9. The fraction of sp³-hybridized carbons (Fsp3) is 0.357. The summed E-state index contributed by atoms with van der Waals surface area (Å²) in [7, 11) is -3.89. The van der Waals surface area contributed by atoms with Gasteiger partial charge in [0.25, 0.3) is 15.9 Å². The van der Waals surface area contributed by atoms with Gasteiger partial charge in [-0.2, -0.15) is 0 Å². The Morgan fingerprint density at radius 2 is 1.90 bits per heavy atom. The normalized spacial score (nSPS) is 19.1. The zero-order valence-corrected chi connectivity index (χ0v) is 12.2. The Hall–Kier alpha value is -1.66. The average Bonchev–Trinajstić information content (AvgIpc) is 2.79. The van der Waals surface area contributed by atoms with E-state index in [-0.39, 0.29) is 10.8 Å². The Labute approximate surface area is 118 Å². The number of nitrogens with zero attached hydrogens (tertiary/aromatic N) is 1. The molecule has 1 aromatic rings. The molecule has 0 bridgehead atoms. The summed E-state index contributed by atoms with van der Waals surface area (Å²) in [6.07, 6.45) is 1.83. The predicted molar refractivity (Wildman–Crippen MR) is 74.2 cm³/mol. The minimum Gasteiger partial charge on any atom is -0.353 e. The van der Waals surface area contributed by atoms with Gasteiger partial charge >= 0.3 is 0 Å². The quantitative estimate of drug-likeness (QED) is 0.830. The van der Waals surface area contributed by atoms with Gasteiger partial charge in [0.05, 0.1) is 11.5 Å². The number of benzene rings is 1. The first kappa shape index (κ1) is 14.7. The van der Waals surface area contributed by atoms with E-state index in [0.29, 0.717) is 6.61 Å². The molecule has 0 saturated carbocycles. The van der Waals surface area contributed by atoms with Gasteiger partial charge in [-0.25, -0.2) is 12.7 Å². The second-order valence-electron chi connectivity index (χ2n) is 4.93. The molecule has 0 radical (unpaired) electrons. The van der Waals surface area contributed by atoms with Gasteiger partial charge in [0.1, 0.15) is 0 Å². The van der Waals surface area contributed by atoms with Crippen molar-refractivity contribution in [2.24, 2.45) is 5.92 Å². The van der Waals surface area contributed by atoms with Crippen LogP contribution in [0, 0.1) is 5.92 Å². The molecule has 0 spiro atoms. The van der Waals surface area contributed by atoms with E-state index >= 15 is 0 Å². The van der Waals surface area contributed by atoms with Crippen molar-refractivity contribution < 1.29 is 17.9 Å². The largest absolute Gasteiger partial charge is 0.353 e. The van der Waals surface area contributed by atoms with Crippen molar-refractivity contribution in [3.05, 3.63) is 42.5 Å². The van der Waals surface area contributed by atoms with E-state index in [9.17, 15) is 13.2 Å². The Morgan fingerprint density at radius 1 is 1.25 bits per heavy atom. The Bertz CT molecular complexity index is 607. The minimum absolute atomic E-state index is 0.0789. The van der Waals surface area contributed by atoms with E-state index in [1.165, 1.54) is 24.3 Å². The molecule has 1 aromatic carbocycles. The summed E-state index contributed by atoms with van der Waals surface area (Å²) >= 11 is 0. The first-order chi connectivity index (χ1) is 9.43. The molecule has 2 rings (SSSR count). The highest BCUT2D eigenvalue weighted by atomic mass is 32.2. The predicted octanol–water partition coefficient (Wildman–Crippen LogP) is 1.77. The molecule has 0 saturated heterocycles. The van der Waals surface area contributed by atoms with Crippen molar-refractivity contribution >= 4 is 15.9 Å². The lowest BCUT2D eigenvalue weighted by atomic mass is 10.2. The smallest absolute Gasteiger partial charge is 0.269 e. The highest BCUT2D eigenvalue weighted by molar-refractivity contribution is 7.89. The number of amides is 1. The van der Waals surface area contributed by atoms with Crippen LogP contribution >= 0.6 is 0 Å². The third-order valence-electron chi connectivity index (χ3n) is 2.75. The first-order valence-electron chi connectivity index (χ1n) is 6.36. The summed E-state index contributed by atoms with van der Waals surface area (Å²) in [5, 5.41) is 0. The first-order valence-corrected chi connectivity index (χ1v) is 7.80. The molecule has 0 aliphatic carbocycles. The van der Waals surface area contributed by atoms with E-state index < -0.39 is 22.2 Å². The van der Waals surface area contributed by atoms with Gasteiger partial charge in [0, 0.05) is 6.08 Å². The maximum Gasteiger partial charge on any atom is 0.269 e. The van der Waals surface area contributed by atoms with E-state index in [2.05, 4.69) is 0 Å². The number of rotatable bonds is 5. The van der Waals surface area contributed by atoms with Crippen LogP contribution in [0.3, 0.4) is 0 Å². The topological polar surface area (TPSA) is 63.7 Å². The van der Waals surface area contributed by atoms with Crippen LogP contribution in [0.25, 0.3) is 0 Å². The van der Waals surface area contributed by atoms with Crippen molar-refractivity contribution in [3.63, 3.8) is 0 Å². The Balaban J connectivity index is 2.27. The minimum atomic E-state index is -3.89. The monoisotopic (exact) mass is 295 g/mol. The molecule has 1 amide bonds. The van der Waals surface area contributed by atoms with Crippen LogP contribution < -0.4 is 0 Å². The number of carbonyl (C=O) groups excluding carboxylic acids is 1. The van der Waals surface area contributed by atoms with Crippen molar-refractivity contribution in [1.29, 1.82) is 0 Å². The zero-order valence-electron chi connectivity index (χ0n) is 11.4. The Morgan fingerprint density at radius 3 is 2.50 bits per heavy atom. The molecule has 1 aliphatic heterocycles. The van der Waals surface area contributed by atoms with E-state index in [4.69, 9.17) is 4.74 Å². The molecule has 0 N–H and O–H groups in total. The van der Waals surface area contributed by atoms with Crippen molar-refractivity contribution in [3.8, 4) is 0 Å². The van der Waals surface area contributed by atoms with Gasteiger partial charge in [0.15, 0.2) is 6.23 Å². The number of ether oxygens (including phenoxy) is 1. The van der Waals surface area contributed by atoms with Crippen LogP contribution in [0.1, 0.15) is 13.8 Å². The molecule has 1 heterocycles. The van der Waals surface area contributed by atoms with E-state index in [1.54, 1.807) is 18.2 Å². The van der Waals surface area contributed by atoms with Crippen LogP contribution in [-0.4, -0.2) is 31.5 Å². The lowest BCUT2D eigenvalue weighted by molar-refractivity contribution is -0.126. The summed E-state index contributed by atoms with van der Waals surface area (Å²) in [6, 6.07) is 7.87. The third-order valence-corrected chi connectivity index (χ3v) is 4.53. The SMILES string of the molecule is CC(C)COC1C=CC(=O)N1S(=O)(=O)c1ccccc1. The third kappa shape index (κ3) is 2.91. The van der Waals surface area contributed by atoms with Gasteiger partial charge in [-0.1, -0.05) is 32.0 Å². The molecule has 108 valence electrons. The van der Waals surface area contributed by atoms with Crippen LogP contribution in [-0.2, 0) is 19.6 Å². The number of carbonyl (C=O) groups is 1. The molecule has 1 atom stereocenters. The fourth-order valence-corrected chi connectivity index (χ4v) is 3.25. The summed E-state index contributed by atoms with van der Waals surface area (Å²) in [5.74, 6) is -0.331. The van der Waals surface area contributed by atoms with Gasteiger partial charge in [-0.15, -0.1) is 0 Å². The van der Waals surface area contributed by atoms with Crippen LogP contribution in [0.2, 0.25) is 0 Å². The maximum absolute atomic E-state index is 12.5. The number of hydrogen-bond donors (Lipinski definition) is 0. The molecule has 0 aromatic heterocycles. The highest BCUT2D eigenvalue weighted by Gasteiger charge is 2.37. The fourth-order valence-electron chi connectivity index (χ4n) is 1.82. The van der Waals surface area contributed by atoms with Gasteiger partial charge in [0.2, 0.25) is 0 Å². The van der Waals surface area contributed by atoms with E-state index in [0.717, 1.165) is 4.31 Å². The molecule has 20 heavy (non-hydrogen) atoms. The van der Waals surface area contributed by atoms with Gasteiger partial charge < -0.3 is 4.74 Å². The molecular weight excluding hydrogens is 278 g/mol. The van der Waals surface area contributed by atoms with Gasteiger partial charge in [-0.05, 0) is 24.1 Å².